The van der Waals surface area contributed by atoms with E-state index in [4.69, 9.17) is 0 Å². The molecule has 0 spiro atoms. The van der Waals surface area contributed by atoms with Crippen molar-refractivity contribution >= 4 is 17.5 Å². The van der Waals surface area contributed by atoms with Crippen LogP contribution in [-0.2, 0) is 34.9 Å². The Morgan fingerprint density at radius 1 is 1.11 bits per heavy atom. The number of nitrogens with zero attached hydrogens (tertiary/aromatic N) is 3. The van der Waals surface area contributed by atoms with Gasteiger partial charge in [-0.3, -0.25) is 19.3 Å². The molecule has 0 bridgehead atoms. The van der Waals surface area contributed by atoms with Crippen molar-refractivity contribution in [3.8, 4) is 11.1 Å². The monoisotopic (exact) mass is 611 g/mol. The minimum absolute atomic E-state index is 0.0826. The first kappa shape index (κ1) is 28.1. The first-order valence-corrected chi connectivity index (χ1v) is 13.9. The second-order valence-corrected chi connectivity index (χ2v) is 11.3. The van der Waals surface area contributed by atoms with Crippen LogP contribution in [0.3, 0.4) is 0 Å². The fraction of sp³-hybridized carbons (Fsp3) is 0.290. The Morgan fingerprint density at radius 2 is 1.89 bits per heavy atom. The Kier molecular flexibility index (Phi) is 6.52. The van der Waals surface area contributed by atoms with E-state index in [1.165, 1.54) is 6.20 Å². The van der Waals surface area contributed by atoms with Gasteiger partial charge in [0.05, 0.1) is 18.2 Å². The highest BCUT2D eigenvalue weighted by Gasteiger charge is 2.67. The fourth-order valence-electron chi connectivity index (χ4n) is 6.43. The third kappa shape index (κ3) is 4.80. The Bertz CT molecular complexity index is 1820. The summed E-state index contributed by atoms with van der Waals surface area (Å²) < 4.78 is 86.5. The zero-order valence-electron chi connectivity index (χ0n) is 22.8. The van der Waals surface area contributed by atoms with Gasteiger partial charge >= 0.3 is 0 Å². The van der Waals surface area contributed by atoms with Crippen LogP contribution in [0.5, 0.6) is 0 Å². The van der Waals surface area contributed by atoms with Crippen molar-refractivity contribution in [2.45, 2.75) is 50.1 Å². The van der Waals surface area contributed by atoms with Gasteiger partial charge in [0.2, 0.25) is 11.8 Å². The van der Waals surface area contributed by atoms with E-state index < -0.39 is 65.7 Å². The normalized spacial score (nSPS) is 19.8. The summed E-state index contributed by atoms with van der Waals surface area (Å²) in [4.78, 5) is 29.7. The number of rotatable bonds is 8. The number of carbonyl (C=O) groups excluding carboxylic acids is 2. The maximum absolute atomic E-state index is 14.7. The Balaban J connectivity index is 1.23. The third-order valence-corrected chi connectivity index (χ3v) is 8.38. The summed E-state index contributed by atoms with van der Waals surface area (Å²) >= 11 is 0. The molecule has 2 amide bonds. The van der Waals surface area contributed by atoms with E-state index in [9.17, 15) is 35.9 Å². The number of benzene rings is 2. The zero-order chi connectivity index (χ0) is 30.9. The maximum atomic E-state index is 14.7. The molecule has 2 unspecified atom stereocenters. The largest absolute Gasteiger partial charge is 0.346 e. The number of pyridine rings is 1. The van der Waals surface area contributed by atoms with E-state index in [1.807, 2.05) is 0 Å². The highest BCUT2D eigenvalue weighted by atomic mass is 19.3. The number of fused-ring (bicyclic) bond motifs is 4. The van der Waals surface area contributed by atoms with Crippen LogP contribution in [0.2, 0.25) is 0 Å². The molecular formula is C31H23F6N5O2. The predicted octanol–water partition coefficient (Wildman–Crippen LogP) is 5.96. The second kappa shape index (κ2) is 10.2. The van der Waals surface area contributed by atoms with Gasteiger partial charge in [-0.2, -0.15) is 13.9 Å². The average Bonchev–Trinajstić information content (AvgIpc) is 3.46. The molecule has 1 saturated carbocycles. The molecule has 13 heteroatoms. The highest BCUT2D eigenvalue weighted by Crippen LogP contribution is 2.67. The van der Waals surface area contributed by atoms with Gasteiger partial charge in [-0.1, -0.05) is 12.1 Å². The minimum Gasteiger partial charge on any atom is -0.346 e. The standard InChI is InChI=1S/C31H23F6N5O2/c32-17-6-14(7-18(33)11-17)8-23(27-19(2-1-5-38-27)15-3-4-22-16(9-15)10-24(43)39-22)40-25(44)13-42-28(30(34)35)26-20-12-21(20)31(36,37)29(26)41-42/h1-7,9,11,20-21,23,30H,8,10,12-13H2,(H,39,43)(H,40,44)/t20?,21?,23-/m0/s1. The number of alkyl halides is 4. The number of aromatic nitrogens is 3. The van der Waals surface area contributed by atoms with Crippen LogP contribution in [0.4, 0.5) is 32.0 Å². The summed E-state index contributed by atoms with van der Waals surface area (Å²) in [5.41, 5.74) is 1.47. The van der Waals surface area contributed by atoms with Crippen molar-refractivity contribution in [2.75, 3.05) is 5.32 Å². The molecule has 0 radical (unpaired) electrons. The van der Waals surface area contributed by atoms with Crippen molar-refractivity contribution in [2.24, 2.45) is 5.92 Å². The number of hydrogen-bond acceptors (Lipinski definition) is 4. The molecule has 3 heterocycles. The van der Waals surface area contributed by atoms with Gasteiger partial charge in [0.15, 0.2) is 0 Å². The van der Waals surface area contributed by atoms with Crippen LogP contribution in [0.1, 0.15) is 58.6 Å². The molecule has 7 rings (SSSR count). The number of nitrogens with one attached hydrogen (secondary N) is 2. The summed E-state index contributed by atoms with van der Waals surface area (Å²) in [7, 11) is 0. The van der Waals surface area contributed by atoms with Crippen LogP contribution in [0, 0.1) is 17.6 Å². The van der Waals surface area contributed by atoms with Gasteiger partial charge in [0, 0.05) is 35.0 Å². The molecule has 2 aromatic carbocycles. The van der Waals surface area contributed by atoms with Crippen molar-refractivity contribution < 1.29 is 35.9 Å². The topological polar surface area (TPSA) is 88.9 Å². The van der Waals surface area contributed by atoms with Crippen LogP contribution < -0.4 is 10.6 Å². The van der Waals surface area contributed by atoms with Crippen LogP contribution in [0.25, 0.3) is 11.1 Å². The summed E-state index contributed by atoms with van der Waals surface area (Å²) in [5, 5.41) is 9.21. The molecular weight excluding hydrogens is 588 g/mol. The lowest BCUT2D eigenvalue weighted by Crippen LogP contribution is -2.34. The lowest BCUT2D eigenvalue weighted by atomic mass is 9.94. The van der Waals surface area contributed by atoms with Crippen molar-refractivity contribution in [3.63, 3.8) is 0 Å². The van der Waals surface area contributed by atoms with Gasteiger partial charge in [0.25, 0.3) is 12.3 Å². The molecule has 3 atom stereocenters. The van der Waals surface area contributed by atoms with Gasteiger partial charge in [-0.05, 0) is 65.8 Å². The van der Waals surface area contributed by atoms with Crippen LogP contribution >= 0.6 is 0 Å². The first-order chi connectivity index (χ1) is 21.0. The third-order valence-electron chi connectivity index (χ3n) is 8.38. The van der Waals surface area contributed by atoms with Gasteiger partial charge in [0.1, 0.15) is 29.6 Å². The van der Waals surface area contributed by atoms with Crippen molar-refractivity contribution in [3.05, 3.63) is 100 Å². The summed E-state index contributed by atoms with van der Waals surface area (Å²) in [6, 6.07) is 10.5. The summed E-state index contributed by atoms with van der Waals surface area (Å²) in [5.74, 6) is -7.80. The molecule has 1 fully saturated rings. The van der Waals surface area contributed by atoms with Gasteiger partial charge in [-0.15, -0.1) is 0 Å². The highest BCUT2D eigenvalue weighted by molar-refractivity contribution is 5.99. The zero-order valence-corrected chi connectivity index (χ0v) is 22.8. The van der Waals surface area contributed by atoms with E-state index in [0.717, 1.165) is 17.7 Å². The molecule has 7 nitrogen and oxygen atoms in total. The molecule has 4 aromatic rings. The van der Waals surface area contributed by atoms with E-state index in [2.05, 4.69) is 20.7 Å². The Morgan fingerprint density at radius 3 is 2.64 bits per heavy atom. The molecule has 1 aliphatic heterocycles. The number of halogens is 6. The Labute approximate surface area is 246 Å². The van der Waals surface area contributed by atoms with E-state index in [0.29, 0.717) is 33.3 Å². The van der Waals surface area contributed by atoms with E-state index in [-0.39, 0.29) is 36.3 Å². The summed E-state index contributed by atoms with van der Waals surface area (Å²) in [6.07, 6.45) is -1.57. The molecule has 2 N–H and O–H groups in total. The number of anilines is 1. The smallest absolute Gasteiger partial charge is 0.295 e. The number of hydrogen-bond donors (Lipinski definition) is 2. The summed E-state index contributed by atoms with van der Waals surface area (Å²) in [6.45, 7) is -0.789. The predicted molar refractivity (Wildman–Crippen MR) is 145 cm³/mol. The first-order valence-electron chi connectivity index (χ1n) is 13.9. The SMILES string of the molecule is O=C1Cc2cc(-c3cccnc3[C@H](Cc3cc(F)cc(F)c3)NC(=O)Cn3nc4c(c3C(F)F)C3CC3C4(F)F)ccc2N1. The lowest BCUT2D eigenvalue weighted by molar-refractivity contribution is -0.122. The molecule has 0 saturated heterocycles. The number of amides is 2. The second-order valence-electron chi connectivity index (χ2n) is 11.3. The molecule has 2 aromatic heterocycles. The van der Waals surface area contributed by atoms with Gasteiger partial charge in [-0.25, -0.2) is 17.6 Å². The quantitative estimate of drug-likeness (QED) is 0.241. The van der Waals surface area contributed by atoms with Gasteiger partial charge < -0.3 is 10.6 Å². The maximum Gasteiger partial charge on any atom is 0.295 e. The lowest BCUT2D eigenvalue weighted by Gasteiger charge is -2.22. The fourth-order valence-corrected chi connectivity index (χ4v) is 6.43. The van der Waals surface area contributed by atoms with E-state index >= 15 is 0 Å². The molecule has 2 aliphatic carbocycles. The van der Waals surface area contributed by atoms with Crippen molar-refractivity contribution in [1.29, 1.82) is 0 Å². The minimum atomic E-state index is -3.35. The molecule has 3 aliphatic rings. The van der Waals surface area contributed by atoms with E-state index in [1.54, 1.807) is 30.3 Å². The Hall–Kier alpha value is -4.68. The molecule has 226 valence electrons. The van der Waals surface area contributed by atoms with Crippen molar-refractivity contribution in [1.82, 2.24) is 20.1 Å². The average molecular weight is 612 g/mol. The van der Waals surface area contributed by atoms with Crippen LogP contribution in [-0.4, -0.2) is 26.6 Å². The van der Waals surface area contributed by atoms with Crippen LogP contribution in [0.15, 0.2) is 54.7 Å². The molecule has 44 heavy (non-hydrogen) atoms. The number of carbonyl (C=O) groups is 2.